The van der Waals surface area contributed by atoms with Crippen molar-refractivity contribution < 1.29 is 4.79 Å². The Balaban J connectivity index is 1.57. The topological polar surface area (TPSA) is 33.2 Å². The summed E-state index contributed by atoms with van der Waals surface area (Å²) in [7, 11) is 0. The van der Waals surface area contributed by atoms with E-state index in [1.54, 1.807) is 0 Å². The fourth-order valence-electron chi connectivity index (χ4n) is 4.84. The summed E-state index contributed by atoms with van der Waals surface area (Å²) in [5.74, 6) is 0.626. The molecule has 0 radical (unpaired) electrons. The lowest BCUT2D eigenvalue weighted by Crippen LogP contribution is -2.35. The van der Waals surface area contributed by atoms with Crippen molar-refractivity contribution in [1.29, 1.82) is 0 Å². The minimum atomic E-state index is 0.161. The third kappa shape index (κ3) is 4.07. The van der Waals surface area contributed by atoms with Gasteiger partial charge in [-0.15, -0.1) is 0 Å². The normalized spacial score (nSPS) is 20.4. The molecule has 0 unspecified atom stereocenters. The summed E-state index contributed by atoms with van der Waals surface area (Å²) < 4.78 is 0. The second kappa shape index (κ2) is 7.84. The molecule has 1 saturated heterocycles. The number of hydrogen-bond acceptors (Lipinski definition) is 2. The van der Waals surface area contributed by atoms with Gasteiger partial charge in [0.2, 0.25) is 5.91 Å². The summed E-state index contributed by atoms with van der Waals surface area (Å²) in [6, 6.07) is 13.3. The van der Waals surface area contributed by atoms with E-state index in [4.69, 9.17) is 4.98 Å². The first kappa shape index (κ1) is 18.2. The number of amides is 1. The monoisotopic (exact) mass is 362 g/mol. The maximum Gasteiger partial charge on any atom is 0.226 e. The van der Waals surface area contributed by atoms with Crippen molar-refractivity contribution in [2.24, 2.45) is 5.92 Å². The summed E-state index contributed by atoms with van der Waals surface area (Å²) in [4.78, 5) is 20.0. The Morgan fingerprint density at radius 2 is 1.85 bits per heavy atom. The molecule has 1 saturated carbocycles. The lowest BCUT2D eigenvalue weighted by molar-refractivity contribution is -0.136. The average Bonchev–Trinajstić information content (AvgIpc) is 3.33. The number of aromatic nitrogens is 1. The van der Waals surface area contributed by atoms with Crippen LogP contribution >= 0.6 is 0 Å². The van der Waals surface area contributed by atoms with Crippen LogP contribution in [0.25, 0.3) is 0 Å². The fraction of sp³-hybridized carbons (Fsp3) is 0.500. The molecule has 0 bridgehead atoms. The number of pyridine rings is 1. The first-order chi connectivity index (χ1) is 13.1. The second-order valence-corrected chi connectivity index (χ2v) is 8.38. The van der Waals surface area contributed by atoms with E-state index in [1.165, 1.54) is 29.5 Å². The first-order valence-corrected chi connectivity index (χ1v) is 10.4. The van der Waals surface area contributed by atoms with Crippen LogP contribution in [0.3, 0.4) is 0 Å². The molecule has 2 heterocycles. The molecular weight excluding hydrogens is 332 g/mol. The van der Waals surface area contributed by atoms with E-state index in [0.29, 0.717) is 5.91 Å². The zero-order valence-electron chi connectivity index (χ0n) is 16.6. The van der Waals surface area contributed by atoms with Gasteiger partial charge in [-0.05, 0) is 69.2 Å². The van der Waals surface area contributed by atoms with Gasteiger partial charge in [-0.25, -0.2) is 0 Å². The van der Waals surface area contributed by atoms with E-state index in [2.05, 4.69) is 55.1 Å². The number of rotatable bonds is 4. The summed E-state index contributed by atoms with van der Waals surface area (Å²) >= 11 is 0. The zero-order valence-corrected chi connectivity index (χ0v) is 16.6. The van der Waals surface area contributed by atoms with Crippen molar-refractivity contribution in [3.63, 3.8) is 0 Å². The van der Waals surface area contributed by atoms with Gasteiger partial charge in [0, 0.05) is 18.2 Å². The molecule has 1 aromatic heterocycles. The van der Waals surface area contributed by atoms with E-state index < -0.39 is 0 Å². The highest BCUT2D eigenvalue weighted by Gasteiger charge is 2.35. The molecular formula is C24H30N2O. The number of benzene rings is 1. The molecule has 27 heavy (non-hydrogen) atoms. The molecule has 2 aliphatic rings. The van der Waals surface area contributed by atoms with Crippen molar-refractivity contribution in [2.45, 2.75) is 64.8 Å². The van der Waals surface area contributed by atoms with Crippen LogP contribution in [0, 0.1) is 19.8 Å². The van der Waals surface area contributed by atoms with Crippen LogP contribution in [-0.4, -0.2) is 22.3 Å². The lowest BCUT2D eigenvalue weighted by Gasteiger charge is -2.27. The summed E-state index contributed by atoms with van der Waals surface area (Å²) in [5, 5.41) is 0. The number of carbonyl (C=O) groups is 1. The molecule has 3 heteroatoms. The van der Waals surface area contributed by atoms with Gasteiger partial charge in [0.05, 0.1) is 11.7 Å². The second-order valence-electron chi connectivity index (χ2n) is 8.38. The molecule has 1 atom stereocenters. The van der Waals surface area contributed by atoms with E-state index in [9.17, 15) is 4.79 Å². The average molecular weight is 363 g/mol. The van der Waals surface area contributed by atoms with Gasteiger partial charge in [-0.1, -0.05) is 42.7 Å². The van der Waals surface area contributed by atoms with Crippen molar-refractivity contribution in [3.8, 4) is 0 Å². The molecule has 1 aliphatic heterocycles. The van der Waals surface area contributed by atoms with Crippen LogP contribution in [0.15, 0.2) is 36.4 Å². The highest BCUT2D eigenvalue weighted by molar-refractivity contribution is 5.79. The Hall–Kier alpha value is -2.16. The molecule has 2 fully saturated rings. The van der Waals surface area contributed by atoms with Gasteiger partial charge < -0.3 is 4.90 Å². The van der Waals surface area contributed by atoms with Crippen LogP contribution in [0.1, 0.15) is 72.6 Å². The summed E-state index contributed by atoms with van der Waals surface area (Å²) in [5.41, 5.74) is 6.06. The van der Waals surface area contributed by atoms with E-state index in [-0.39, 0.29) is 12.0 Å². The third-order valence-corrected chi connectivity index (χ3v) is 6.11. The smallest absolute Gasteiger partial charge is 0.226 e. The van der Waals surface area contributed by atoms with Crippen LogP contribution in [0.2, 0.25) is 0 Å². The molecule has 142 valence electrons. The first-order valence-electron chi connectivity index (χ1n) is 10.4. The Bertz CT molecular complexity index is 823. The number of nitrogens with zero attached hydrogens (tertiary/aromatic N) is 2. The maximum absolute atomic E-state index is 13.0. The molecule has 0 N–H and O–H groups in total. The molecule has 2 aromatic rings. The Kier molecular flexibility index (Phi) is 5.29. The summed E-state index contributed by atoms with van der Waals surface area (Å²) in [6.45, 7) is 5.10. The van der Waals surface area contributed by atoms with E-state index in [0.717, 1.165) is 50.0 Å². The minimum absolute atomic E-state index is 0.161. The van der Waals surface area contributed by atoms with Crippen molar-refractivity contribution in [3.05, 3.63) is 64.5 Å². The van der Waals surface area contributed by atoms with Gasteiger partial charge in [-0.2, -0.15) is 0 Å². The molecule has 1 amide bonds. The van der Waals surface area contributed by atoms with Gasteiger partial charge >= 0.3 is 0 Å². The zero-order chi connectivity index (χ0) is 18.8. The fourth-order valence-corrected chi connectivity index (χ4v) is 4.84. The predicted molar refractivity (Wildman–Crippen MR) is 109 cm³/mol. The van der Waals surface area contributed by atoms with Crippen LogP contribution in [0.5, 0.6) is 0 Å². The SMILES string of the molecule is Cc1cccc(Cc2cc(C)nc([C@@H]3CCCN3C(=O)C3CCCC3)c2)c1. The van der Waals surface area contributed by atoms with Crippen molar-refractivity contribution in [2.75, 3.05) is 6.54 Å². The number of aryl methyl sites for hydroxylation is 2. The number of carbonyl (C=O) groups excluding carboxylic acids is 1. The number of hydrogen-bond donors (Lipinski definition) is 0. The van der Waals surface area contributed by atoms with Crippen LogP contribution in [0.4, 0.5) is 0 Å². The van der Waals surface area contributed by atoms with Gasteiger partial charge in [0.15, 0.2) is 0 Å². The van der Waals surface area contributed by atoms with Crippen molar-refractivity contribution >= 4 is 5.91 Å². The third-order valence-electron chi connectivity index (χ3n) is 6.11. The quantitative estimate of drug-likeness (QED) is 0.754. The standard InChI is InChI=1S/C24H30N2O/c1-17-7-5-8-19(13-17)15-20-14-18(2)25-22(16-20)23-11-6-12-26(23)24(27)21-9-3-4-10-21/h5,7-8,13-14,16,21,23H,3-4,6,9-12,15H2,1-2H3/t23-/m0/s1. The van der Waals surface area contributed by atoms with Gasteiger partial charge in [0.25, 0.3) is 0 Å². The highest BCUT2D eigenvalue weighted by Crippen LogP contribution is 2.36. The van der Waals surface area contributed by atoms with Crippen LogP contribution in [-0.2, 0) is 11.2 Å². The molecule has 1 aromatic carbocycles. The molecule has 3 nitrogen and oxygen atoms in total. The summed E-state index contributed by atoms with van der Waals surface area (Å²) in [6.07, 6.45) is 7.60. The van der Waals surface area contributed by atoms with E-state index >= 15 is 0 Å². The minimum Gasteiger partial charge on any atom is -0.334 e. The maximum atomic E-state index is 13.0. The molecule has 1 aliphatic carbocycles. The van der Waals surface area contributed by atoms with Crippen LogP contribution < -0.4 is 0 Å². The van der Waals surface area contributed by atoms with Gasteiger partial charge in [-0.3, -0.25) is 9.78 Å². The Morgan fingerprint density at radius 3 is 2.63 bits per heavy atom. The largest absolute Gasteiger partial charge is 0.334 e. The van der Waals surface area contributed by atoms with Crippen molar-refractivity contribution in [1.82, 2.24) is 9.88 Å². The number of likely N-dealkylation sites (tertiary alicyclic amines) is 1. The lowest BCUT2D eigenvalue weighted by atomic mass is 10.00. The molecule has 0 spiro atoms. The highest BCUT2D eigenvalue weighted by atomic mass is 16.2. The Morgan fingerprint density at radius 1 is 1.04 bits per heavy atom. The predicted octanol–water partition coefficient (Wildman–Crippen LogP) is 5.14. The van der Waals surface area contributed by atoms with Gasteiger partial charge in [0.1, 0.15) is 0 Å². The molecule has 4 rings (SSSR count). The Labute approximate surface area is 162 Å². The van der Waals surface area contributed by atoms with E-state index in [1.807, 2.05) is 0 Å².